The van der Waals surface area contributed by atoms with E-state index in [4.69, 9.17) is 4.74 Å². The number of nitrogens with one attached hydrogen (secondary N) is 2. The molecule has 3 heterocycles. The molecule has 1 atom stereocenters. The number of methoxy groups -OCH3 is 1. The zero-order chi connectivity index (χ0) is 24.1. The first-order valence-corrected chi connectivity index (χ1v) is 13.3. The number of sulfonamides is 1. The molecule has 1 unspecified atom stereocenters. The molecule has 34 heavy (non-hydrogen) atoms. The van der Waals surface area contributed by atoms with Crippen molar-refractivity contribution in [3.63, 3.8) is 0 Å². The molecule has 0 spiro atoms. The number of aromatic nitrogens is 1. The summed E-state index contributed by atoms with van der Waals surface area (Å²) >= 11 is 0. The summed E-state index contributed by atoms with van der Waals surface area (Å²) in [6.07, 6.45) is 6.70. The fourth-order valence-electron chi connectivity index (χ4n) is 4.56. The Morgan fingerprint density at radius 3 is 2.56 bits per heavy atom. The molecule has 0 aliphatic carbocycles. The lowest BCUT2D eigenvalue weighted by Crippen LogP contribution is -2.43. The maximum absolute atomic E-state index is 13.3. The normalized spacial score (nSPS) is 19.9. The molecule has 2 fully saturated rings. The number of hydrogen-bond acceptors (Lipinski definition) is 5. The first-order valence-electron chi connectivity index (χ1n) is 11.8. The third-order valence-electron chi connectivity index (χ3n) is 6.51. The lowest BCUT2D eigenvalue weighted by Gasteiger charge is -2.31. The topological polar surface area (TPSA) is 112 Å². The molecular weight excluding hydrogens is 456 g/mol. The van der Waals surface area contributed by atoms with Gasteiger partial charge in [0, 0.05) is 44.1 Å². The third kappa shape index (κ3) is 5.44. The molecule has 2 aromatic rings. The van der Waals surface area contributed by atoms with E-state index in [1.165, 1.54) is 16.6 Å². The number of piperidine rings is 1. The van der Waals surface area contributed by atoms with E-state index in [0.717, 1.165) is 25.7 Å². The van der Waals surface area contributed by atoms with E-state index in [1.807, 2.05) is 0 Å². The first-order chi connectivity index (χ1) is 16.4. The number of carbonyl (C=O) groups is 2. The van der Waals surface area contributed by atoms with Gasteiger partial charge in [-0.25, -0.2) is 8.42 Å². The van der Waals surface area contributed by atoms with Gasteiger partial charge < -0.3 is 19.9 Å². The van der Waals surface area contributed by atoms with E-state index in [0.29, 0.717) is 43.9 Å². The van der Waals surface area contributed by atoms with Crippen molar-refractivity contribution in [2.24, 2.45) is 5.92 Å². The third-order valence-corrected chi connectivity index (χ3v) is 8.35. The fourth-order valence-corrected chi connectivity index (χ4v) is 6.08. The van der Waals surface area contributed by atoms with Gasteiger partial charge in [-0.05, 0) is 43.9 Å². The summed E-state index contributed by atoms with van der Waals surface area (Å²) in [7, 11) is -2.28. The molecule has 2 amide bonds. The van der Waals surface area contributed by atoms with Gasteiger partial charge in [-0.1, -0.05) is 18.9 Å². The van der Waals surface area contributed by atoms with Crippen LogP contribution in [0.4, 0.5) is 5.69 Å². The highest BCUT2D eigenvalue weighted by atomic mass is 32.2. The van der Waals surface area contributed by atoms with Gasteiger partial charge in [0.05, 0.1) is 13.0 Å². The molecule has 1 aromatic carbocycles. The second-order valence-electron chi connectivity index (χ2n) is 8.88. The largest absolute Gasteiger partial charge is 0.497 e. The van der Waals surface area contributed by atoms with Crippen molar-refractivity contribution in [3.05, 3.63) is 42.2 Å². The molecule has 2 saturated heterocycles. The molecule has 2 aliphatic heterocycles. The Morgan fingerprint density at radius 1 is 1.06 bits per heavy atom. The SMILES string of the molecule is COc1cccc(NC(=O)C2CCCN(S(=O)(=O)c3c[nH]c(C(=O)N4CCCCCC4)c3)C2)c1. The molecule has 2 aliphatic rings. The van der Waals surface area contributed by atoms with E-state index >= 15 is 0 Å². The molecule has 2 N–H and O–H groups in total. The number of carbonyl (C=O) groups excluding carboxylic acids is 2. The number of ether oxygens (including phenoxy) is 1. The van der Waals surface area contributed by atoms with Crippen LogP contribution in [0.15, 0.2) is 41.4 Å². The molecule has 1 aromatic heterocycles. The van der Waals surface area contributed by atoms with Gasteiger partial charge in [0.25, 0.3) is 5.91 Å². The van der Waals surface area contributed by atoms with Crippen molar-refractivity contribution in [1.29, 1.82) is 0 Å². The van der Waals surface area contributed by atoms with E-state index < -0.39 is 15.9 Å². The van der Waals surface area contributed by atoms with Crippen LogP contribution >= 0.6 is 0 Å². The summed E-state index contributed by atoms with van der Waals surface area (Å²) in [5, 5.41) is 2.86. The van der Waals surface area contributed by atoms with Crippen molar-refractivity contribution in [3.8, 4) is 5.75 Å². The molecular formula is C24H32N4O5S. The number of H-pyrrole nitrogens is 1. The Kier molecular flexibility index (Phi) is 7.57. The van der Waals surface area contributed by atoms with Crippen LogP contribution in [0.1, 0.15) is 49.0 Å². The van der Waals surface area contributed by atoms with E-state index in [2.05, 4.69) is 10.3 Å². The van der Waals surface area contributed by atoms with Crippen LogP contribution in [0.5, 0.6) is 5.75 Å². The van der Waals surface area contributed by atoms with Crippen LogP contribution in [-0.2, 0) is 14.8 Å². The smallest absolute Gasteiger partial charge is 0.270 e. The Balaban J connectivity index is 1.43. The van der Waals surface area contributed by atoms with Crippen LogP contribution in [0.2, 0.25) is 0 Å². The summed E-state index contributed by atoms with van der Waals surface area (Å²) in [6, 6.07) is 8.47. The first kappa shape index (κ1) is 24.3. The average Bonchev–Trinajstić information content (AvgIpc) is 3.21. The molecule has 184 valence electrons. The summed E-state index contributed by atoms with van der Waals surface area (Å²) in [5.41, 5.74) is 0.886. The maximum atomic E-state index is 13.3. The highest BCUT2D eigenvalue weighted by Gasteiger charge is 2.34. The number of rotatable bonds is 6. The number of hydrogen-bond donors (Lipinski definition) is 2. The fraction of sp³-hybridized carbons (Fsp3) is 0.500. The van der Waals surface area contributed by atoms with Gasteiger partial charge in [0.2, 0.25) is 15.9 Å². The van der Waals surface area contributed by atoms with Gasteiger partial charge in [-0.15, -0.1) is 0 Å². The van der Waals surface area contributed by atoms with Crippen molar-refractivity contribution in [2.75, 3.05) is 38.6 Å². The summed E-state index contributed by atoms with van der Waals surface area (Å²) < 4.78 is 33.1. The molecule has 4 rings (SSSR count). The minimum Gasteiger partial charge on any atom is -0.497 e. The zero-order valence-corrected chi connectivity index (χ0v) is 20.3. The highest BCUT2D eigenvalue weighted by molar-refractivity contribution is 7.89. The van der Waals surface area contributed by atoms with Crippen molar-refractivity contribution in [1.82, 2.24) is 14.2 Å². The Bertz CT molecular complexity index is 1120. The summed E-state index contributed by atoms with van der Waals surface area (Å²) in [5.74, 6) is -0.229. The number of nitrogens with zero attached hydrogens (tertiary/aromatic N) is 2. The van der Waals surface area contributed by atoms with Gasteiger partial charge in [0.1, 0.15) is 16.3 Å². The number of amides is 2. The van der Waals surface area contributed by atoms with Gasteiger partial charge >= 0.3 is 0 Å². The van der Waals surface area contributed by atoms with Crippen molar-refractivity contribution in [2.45, 2.75) is 43.4 Å². The van der Waals surface area contributed by atoms with Crippen LogP contribution in [0.25, 0.3) is 0 Å². The predicted molar refractivity (Wildman–Crippen MR) is 128 cm³/mol. The molecule has 0 radical (unpaired) electrons. The minimum absolute atomic E-state index is 0.0551. The van der Waals surface area contributed by atoms with Crippen LogP contribution in [0, 0.1) is 5.92 Å². The molecule has 9 nitrogen and oxygen atoms in total. The second-order valence-corrected chi connectivity index (χ2v) is 10.8. The number of anilines is 1. The number of likely N-dealkylation sites (tertiary alicyclic amines) is 1. The molecule has 0 saturated carbocycles. The lowest BCUT2D eigenvalue weighted by atomic mass is 9.98. The average molecular weight is 489 g/mol. The monoisotopic (exact) mass is 488 g/mol. The highest BCUT2D eigenvalue weighted by Crippen LogP contribution is 2.26. The number of aromatic amines is 1. The van der Waals surface area contributed by atoms with Gasteiger partial charge in [-0.2, -0.15) is 4.31 Å². The van der Waals surface area contributed by atoms with Crippen LogP contribution < -0.4 is 10.1 Å². The van der Waals surface area contributed by atoms with E-state index in [1.54, 1.807) is 36.3 Å². The Morgan fingerprint density at radius 2 is 1.82 bits per heavy atom. The quantitative estimate of drug-likeness (QED) is 0.649. The molecule has 10 heteroatoms. The predicted octanol–water partition coefficient (Wildman–Crippen LogP) is 3.08. The maximum Gasteiger partial charge on any atom is 0.270 e. The van der Waals surface area contributed by atoms with E-state index in [-0.39, 0.29) is 28.9 Å². The summed E-state index contributed by atoms with van der Waals surface area (Å²) in [4.78, 5) is 30.4. The lowest BCUT2D eigenvalue weighted by molar-refractivity contribution is -0.120. The summed E-state index contributed by atoms with van der Waals surface area (Å²) in [6.45, 7) is 1.82. The molecule has 0 bridgehead atoms. The van der Waals surface area contributed by atoms with Gasteiger partial charge in [0.15, 0.2) is 0 Å². The second kappa shape index (κ2) is 10.6. The van der Waals surface area contributed by atoms with E-state index in [9.17, 15) is 18.0 Å². The minimum atomic E-state index is -3.83. The van der Waals surface area contributed by atoms with Gasteiger partial charge in [-0.3, -0.25) is 9.59 Å². The van der Waals surface area contributed by atoms with Crippen LogP contribution in [0.3, 0.4) is 0 Å². The Hall–Kier alpha value is -2.85. The number of benzene rings is 1. The van der Waals surface area contributed by atoms with Crippen molar-refractivity contribution < 1.29 is 22.7 Å². The van der Waals surface area contributed by atoms with Crippen molar-refractivity contribution >= 4 is 27.5 Å². The zero-order valence-electron chi connectivity index (χ0n) is 19.5. The Labute approximate surface area is 200 Å². The standard InChI is InChI=1S/C24H32N4O5S/c1-33-20-10-6-9-19(14-20)26-23(29)18-8-7-13-28(17-18)34(31,32)21-15-22(25-16-21)24(30)27-11-4-2-3-5-12-27/h6,9-10,14-16,18,25H,2-5,7-8,11-13,17H2,1H3,(H,26,29). The van der Waals surface area contributed by atoms with Crippen LogP contribution in [-0.4, -0.2) is 67.7 Å².